The molecule has 7 heteroatoms. The SMILES string of the molecule is COCC(Cl)CCNC(=O)c1ccccc1[N+](=O)[O-]. The molecule has 0 aliphatic carbocycles. The number of nitro groups is 1. The number of hydrogen-bond acceptors (Lipinski definition) is 4. The van der Waals surface area contributed by atoms with Crippen LogP contribution < -0.4 is 5.32 Å². The topological polar surface area (TPSA) is 81.5 Å². The van der Waals surface area contributed by atoms with Crippen molar-refractivity contribution in [1.29, 1.82) is 0 Å². The molecule has 0 saturated carbocycles. The highest BCUT2D eigenvalue weighted by molar-refractivity contribution is 6.20. The Morgan fingerprint density at radius 1 is 1.53 bits per heavy atom. The molecular weight excluding hydrogens is 272 g/mol. The third kappa shape index (κ3) is 4.84. The number of methoxy groups -OCH3 is 1. The van der Waals surface area contributed by atoms with Crippen molar-refractivity contribution in [2.24, 2.45) is 0 Å². The molecule has 0 fully saturated rings. The predicted molar refractivity (Wildman–Crippen MR) is 71.6 cm³/mol. The number of para-hydroxylation sites is 1. The molecule has 1 N–H and O–H groups in total. The van der Waals surface area contributed by atoms with Crippen LogP contribution in [0, 0.1) is 10.1 Å². The van der Waals surface area contributed by atoms with Crippen molar-refractivity contribution in [2.45, 2.75) is 11.8 Å². The molecule has 1 unspecified atom stereocenters. The Bertz CT molecular complexity index is 453. The fourth-order valence-electron chi connectivity index (χ4n) is 1.53. The number of benzene rings is 1. The number of nitrogens with one attached hydrogen (secondary N) is 1. The lowest BCUT2D eigenvalue weighted by molar-refractivity contribution is -0.385. The van der Waals surface area contributed by atoms with Gasteiger partial charge in [0.25, 0.3) is 11.6 Å². The van der Waals surface area contributed by atoms with Gasteiger partial charge in [0.15, 0.2) is 0 Å². The van der Waals surface area contributed by atoms with E-state index in [0.717, 1.165) is 0 Å². The van der Waals surface area contributed by atoms with Gasteiger partial charge in [-0.1, -0.05) is 12.1 Å². The van der Waals surface area contributed by atoms with Crippen molar-refractivity contribution in [3.8, 4) is 0 Å². The molecule has 1 aromatic carbocycles. The van der Waals surface area contributed by atoms with E-state index in [-0.39, 0.29) is 16.6 Å². The Labute approximate surface area is 115 Å². The van der Waals surface area contributed by atoms with Crippen molar-refractivity contribution < 1.29 is 14.5 Å². The Balaban J connectivity index is 2.57. The Morgan fingerprint density at radius 2 is 2.21 bits per heavy atom. The fraction of sp³-hybridized carbons (Fsp3) is 0.417. The van der Waals surface area contributed by atoms with Gasteiger partial charge in [-0.05, 0) is 12.5 Å². The molecular formula is C12H15ClN2O4. The van der Waals surface area contributed by atoms with E-state index in [1.807, 2.05) is 0 Å². The van der Waals surface area contributed by atoms with E-state index >= 15 is 0 Å². The van der Waals surface area contributed by atoms with Crippen molar-refractivity contribution in [1.82, 2.24) is 5.32 Å². The van der Waals surface area contributed by atoms with Gasteiger partial charge in [0.2, 0.25) is 0 Å². The lowest BCUT2D eigenvalue weighted by Gasteiger charge is -2.09. The maximum atomic E-state index is 11.8. The summed E-state index contributed by atoms with van der Waals surface area (Å²) in [7, 11) is 1.54. The standard InChI is InChI=1S/C12H15ClN2O4/c1-19-8-9(13)6-7-14-12(16)10-4-2-3-5-11(10)15(17)18/h2-5,9H,6-8H2,1H3,(H,14,16). The molecule has 0 spiro atoms. The summed E-state index contributed by atoms with van der Waals surface area (Å²) in [5.74, 6) is -0.478. The Kier molecular flexibility index (Phi) is 6.24. The van der Waals surface area contributed by atoms with Crippen LogP contribution in [-0.4, -0.2) is 36.5 Å². The minimum atomic E-state index is -0.579. The second-order valence-electron chi connectivity index (χ2n) is 3.87. The van der Waals surface area contributed by atoms with Gasteiger partial charge in [-0.3, -0.25) is 14.9 Å². The highest BCUT2D eigenvalue weighted by Gasteiger charge is 2.18. The largest absolute Gasteiger partial charge is 0.383 e. The number of nitro benzene ring substituents is 1. The average Bonchev–Trinajstić information content (AvgIpc) is 2.38. The van der Waals surface area contributed by atoms with E-state index in [0.29, 0.717) is 19.6 Å². The van der Waals surface area contributed by atoms with Crippen molar-refractivity contribution >= 4 is 23.2 Å². The quantitative estimate of drug-likeness (QED) is 0.472. The van der Waals surface area contributed by atoms with Crippen LogP contribution in [0.1, 0.15) is 16.8 Å². The first kappa shape index (κ1) is 15.4. The molecule has 1 amide bonds. The summed E-state index contributed by atoms with van der Waals surface area (Å²) in [4.78, 5) is 22.0. The van der Waals surface area contributed by atoms with Crippen LogP contribution in [0.5, 0.6) is 0 Å². The number of rotatable bonds is 7. The van der Waals surface area contributed by atoms with E-state index in [4.69, 9.17) is 16.3 Å². The highest BCUT2D eigenvalue weighted by Crippen LogP contribution is 2.17. The minimum Gasteiger partial charge on any atom is -0.383 e. The van der Waals surface area contributed by atoms with Gasteiger partial charge in [0.05, 0.1) is 16.9 Å². The lowest BCUT2D eigenvalue weighted by Crippen LogP contribution is -2.27. The van der Waals surface area contributed by atoms with Crippen molar-refractivity contribution in [3.63, 3.8) is 0 Å². The first-order valence-electron chi connectivity index (χ1n) is 5.71. The summed E-state index contributed by atoms with van der Waals surface area (Å²) >= 11 is 5.91. The number of nitrogens with zero attached hydrogens (tertiary/aromatic N) is 1. The number of alkyl halides is 1. The molecule has 0 aromatic heterocycles. The van der Waals surface area contributed by atoms with Gasteiger partial charge in [0, 0.05) is 19.7 Å². The Hall–Kier alpha value is -1.66. The van der Waals surface area contributed by atoms with E-state index in [9.17, 15) is 14.9 Å². The predicted octanol–water partition coefficient (Wildman–Crippen LogP) is 1.97. The number of carbonyl (C=O) groups is 1. The highest BCUT2D eigenvalue weighted by atomic mass is 35.5. The van der Waals surface area contributed by atoms with Crippen molar-refractivity contribution in [2.75, 3.05) is 20.3 Å². The smallest absolute Gasteiger partial charge is 0.282 e. The van der Waals surface area contributed by atoms with Crippen LogP contribution in [0.2, 0.25) is 0 Å². The van der Waals surface area contributed by atoms with Gasteiger partial charge in [0.1, 0.15) is 5.56 Å². The second-order valence-corrected chi connectivity index (χ2v) is 4.49. The number of hydrogen-bond donors (Lipinski definition) is 1. The first-order chi connectivity index (χ1) is 9.06. The summed E-state index contributed by atoms with van der Waals surface area (Å²) in [6, 6.07) is 5.81. The molecule has 0 bridgehead atoms. The van der Waals surface area contributed by atoms with E-state index in [2.05, 4.69) is 5.32 Å². The molecule has 0 heterocycles. The second kappa shape index (κ2) is 7.70. The monoisotopic (exact) mass is 286 g/mol. The molecule has 0 aliphatic heterocycles. The van der Waals surface area contributed by atoms with Gasteiger partial charge >= 0.3 is 0 Å². The first-order valence-corrected chi connectivity index (χ1v) is 6.14. The molecule has 1 aromatic rings. The molecule has 19 heavy (non-hydrogen) atoms. The van der Waals surface area contributed by atoms with E-state index < -0.39 is 10.8 Å². The normalized spacial score (nSPS) is 11.9. The third-order valence-corrected chi connectivity index (χ3v) is 2.78. The van der Waals surface area contributed by atoms with Crippen LogP contribution in [-0.2, 0) is 4.74 Å². The number of amides is 1. The van der Waals surface area contributed by atoms with E-state index in [1.54, 1.807) is 13.2 Å². The summed E-state index contributed by atoms with van der Waals surface area (Å²) in [6.45, 7) is 0.727. The fourth-order valence-corrected chi connectivity index (χ4v) is 1.76. The molecule has 1 rings (SSSR count). The number of halogens is 1. The minimum absolute atomic E-state index is 0.0466. The molecule has 0 aliphatic rings. The van der Waals surface area contributed by atoms with Crippen LogP contribution >= 0.6 is 11.6 Å². The molecule has 0 saturated heterocycles. The van der Waals surface area contributed by atoms with Crippen LogP contribution in [0.15, 0.2) is 24.3 Å². The van der Waals surface area contributed by atoms with Gasteiger partial charge in [-0.25, -0.2) is 0 Å². The molecule has 0 radical (unpaired) electrons. The van der Waals surface area contributed by atoms with E-state index in [1.165, 1.54) is 18.2 Å². The van der Waals surface area contributed by atoms with Crippen LogP contribution in [0.4, 0.5) is 5.69 Å². The molecule has 104 valence electrons. The van der Waals surface area contributed by atoms with Gasteiger partial charge in [-0.15, -0.1) is 11.6 Å². The molecule has 1 atom stereocenters. The summed E-state index contributed by atoms with van der Waals surface area (Å²) < 4.78 is 4.86. The lowest BCUT2D eigenvalue weighted by atomic mass is 10.1. The summed E-state index contributed by atoms with van der Waals surface area (Å²) in [5.41, 5.74) is -0.162. The zero-order valence-electron chi connectivity index (χ0n) is 10.5. The van der Waals surface area contributed by atoms with Crippen LogP contribution in [0.3, 0.4) is 0 Å². The number of ether oxygens (including phenoxy) is 1. The van der Waals surface area contributed by atoms with Gasteiger partial charge < -0.3 is 10.1 Å². The third-order valence-electron chi connectivity index (χ3n) is 2.44. The zero-order valence-corrected chi connectivity index (χ0v) is 11.2. The molecule has 6 nitrogen and oxygen atoms in total. The Morgan fingerprint density at radius 3 is 2.84 bits per heavy atom. The maximum absolute atomic E-state index is 11.8. The summed E-state index contributed by atoms with van der Waals surface area (Å²) in [6.07, 6.45) is 0.530. The van der Waals surface area contributed by atoms with Gasteiger partial charge in [-0.2, -0.15) is 0 Å². The van der Waals surface area contributed by atoms with Crippen LogP contribution in [0.25, 0.3) is 0 Å². The average molecular weight is 287 g/mol. The summed E-state index contributed by atoms with van der Waals surface area (Å²) in [5, 5.41) is 13.2. The van der Waals surface area contributed by atoms with Crippen molar-refractivity contribution in [3.05, 3.63) is 39.9 Å². The number of carbonyl (C=O) groups excluding carboxylic acids is 1. The maximum Gasteiger partial charge on any atom is 0.282 e. The zero-order chi connectivity index (χ0) is 14.3.